The molecule has 0 amide bonds. The van der Waals surface area contributed by atoms with Crippen LogP contribution in [0.15, 0.2) is 159 Å². The van der Waals surface area contributed by atoms with E-state index >= 15 is 0 Å². The molecule has 2 aliphatic rings. The van der Waals surface area contributed by atoms with Crippen molar-refractivity contribution in [3.8, 4) is 16.9 Å². The quantitative estimate of drug-likeness (QED) is 0.0208. The van der Waals surface area contributed by atoms with Crippen molar-refractivity contribution in [2.75, 3.05) is 26.4 Å². The highest BCUT2D eigenvalue weighted by molar-refractivity contribution is 5.89. The van der Waals surface area contributed by atoms with Crippen LogP contribution in [0.3, 0.4) is 0 Å². The highest BCUT2D eigenvalue weighted by atomic mass is 16.6. The molecule has 13 nitrogen and oxygen atoms in total. The normalized spacial score (nSPS) is 17.0. The van der Waals surface area contributed by atoms with E-state index in [1.54, 1.807) is 26.0 Å². The smallest absolute Gasteiger partial charge is 0.334 e. The van der Waals surface area contributed by atoms with Crippen LogP contribution in [-0.4, -0.2) is 84.3 Å². The molecule has 0 aromatic heterocycles. The average Bonchev–Trinajstić information content (AvgIpc) is 3.65. The summed E-state index contributed by atoms with van der Waals surface area (Å²) in [6.45, 7) is 16.7. The zero-order valence-corrected chi connectivity index (χ0v) is 39.3. The lowest BCUT2D eigenvalue weighted by atomic mass is 9.67. The van der Waals surface area contributed by atoms with Crippen LogP contribution in [0.25, 0.3) is 11.1 Å². The van der Waals surface area contributed by atoms with Gasteiger partial charge in [-0.2, -0.15) is 0 Å². The summed E-state index contributed by atoms with van der Waals surface area (Å²) in [6, 6.07) is 32.4. The fourth-order valence-electron chi connectivity index (χ4n) is 8.95. The number of hydrogen-bond donors (Lipinski definition) is 2. The first-order valence-corrected chi connectivity index (χ1v) is 22.6. The molecular weight excluding hydrogens is 881 g/mol. The highest BCUT2D eigenvalue weighted by Crippen LogP contribution is 2.56. The average molecular weight is 939 g/mol. The van der Waals surface area contributed by atoms with Crippen molar-refractivity contribution < 1.29 is 62.6 Å². The Balaban J connectivity index is 1.28. The number of carboxylic acid groups (broad SMARTS) is 2. The van der Waals surface area contributed by atoms with Crippen molar-refractivity contribution in [2.24, 2.45) is 11.8 Å². The summed E-state index contributed by atoms with van der Waals surface area (Å²) in [7, 11) is 0. The van der Waals surface area contributed by atoms with E-state index < -0.39 is 70.5 Å². The van der Waals surface area contributed by atoms with Crippen molar-refractivity contribution in [1.82, 2.24) is 0 Å². The van der Waals surface area contributed by atoms with Gasteiger partial charge in [-0.1, -0.05) is 123 Å². The van der Waals surface area contributed by atoms with Crippen LogP contribution in [0.4, 0.5) is 0 Å². The van der Waals surface area contributed by atoms with Gasteiger partial charge in [-0.15, -0.1) is 0 Å². The summed E-state index contributed by atoms with van der Waals surface area (Å²) in [4.78, 5) is 61.5. The predicted molar refractivity (Wildman–Crippen MR) is 258 cm³/mol. The third kappa shape index (κ3) is 11.5. The summed E-state index contributed by atoms with van der Waals surface area (Å²) < 4.78 is 35.2. The molecule has 2 N–H and O–H groups in total. The van der Waals surface area contributed by atoms with E-state index in [-0.39, 0.29) is 44.8 Å². The molecule has 0 saturated carbocycles. The van der Waals surface area contributed by atoms with Gasteiger partial charge in [0.1, 0.15) is 31.7 Å². The van der Waals surface area contributed by atoms with E-state index in [0.29, 0.717) is 5.75 Å². The summed E-state index contributed by atoms with van der Waals surface area (Å²) >= 11 is 0. The second-order valence-corrected chi connectivity index (χ2v) is 17.7. The molecule has 0 saturated heterocycles. The highest BCUT2D eigenvalue weighted by Gasteiger charge is 2.46. The third-order valence-electron chi connectivity index (χ3n) is 12.4. The molecule has 0 radical (unpaired) electrons. The van der Waals surface area contributed by atoms with Crippen LogP contribution in [0.5, 0.6) is 5.75 Å². The molecule has 13 heteroatoms. The lowest BCUT2D eigenvalue weighted by molar-refractivity contribution is -0.173. The Morgan fingerprint density at radius 2 is 1.20 bits per heavy atom. The molecular formula is C56H58O13. The zero-order valence-electron chi connectivity index (χ0n) is 39.3. The minimum Gasteiger partial charge on any atom is -0.491 e. The SMILES string of the molecule is C=C/C=C(/C(=O)O)C(C)(C)OC(COC(=O)C=C)COc1ccc(C2(c3ccc(C(C)(C)OCC(COC(=O)C=C)OC(=O)C4CC=CCC4C(=O)O)cc3)c3ccccc3-c3ccccc32)cc1. The molecule has 0 heterocycles. The monoisotopic (exact) mass is 938 g/mol. The molecule has 0 spiro atoms. The number of ether oxygens (including phenoxy) is 6. The van der Waals surface area contributed by atoms with Gasteiger partial charge in [0.05, 0.1) is 40.6 Å². The Morgan fingerprint density at radius 3 is 1.72 bits per heavy atom. The van der Waals surface area contributed by atoms with Gasteiger partial charge in [-0.05, 0) is 97.7 Å². The number of benzene rings is 4. The fourth-order valence-corrected chi connectivity index (χ4v) is 8.95. The molecule has 0 fully saturated rings. The van der Waals surface area contributed by atoms with Crippen LogP contribution in [-0.2, 0) is 58.7 Å². The van der Waals surface area contributed by atoms with Crippen molar-refractivity contribution in [3.63, 3.8) is 0 Å². The molecule has 4 aromatic rings. The largest absolute Gasteiger partial charge is 0.491 e. The number of esters is 3. The Kier molecular flexibility index (Phi) is 16.4. The first-order valence-electron chi connectivity index (χ1n) is 22.6. The van der Waals surface area contributed by atoms with Gasteiger partial charge in [-0.3, -0.25) is 9.59 Å². The Morgan fingerprint density at radius 1 is 0.681 bits per heavy atom. The molecule has 4 unspecified atom stereocenters. The second kappa shape index (κ2) is 22.2. The summed E-state index contributed by atoms with van der Waals surface area (Å²) in [6.07, 6.45) is 6.74. The van der Waals surface area contributed by atoms with Crippen molar-refractivity contribution in [3.05, 3.63) is 187 Å². The number of carbonyl (C=O) groups is 5. The number of carboxylic acids is 2. The molecule has 360 valence electrons. The summed E-state index contributed by atoms with van der Waals surface area (Å²) in [5, 5.41) is 19.7. The fraction of sp³-hybridized carbons (Fsp3) is 0.304. The van der Waals surface area contributed by atoms with Crippen LogP contribution >= 0.6 is 0 Å². The van der Waals surface area contributed by atoms with E-state index in [0.717, 1.165) is 51.1 Å². The molecule has 4 aromatic carbocycles. The summed E-state index contributed by atoms with van der Waals surface area (Å²) in [5.41, 5.74) is 3.93. The lowest BCUT2D eigenvalue weighted by Crippen LogP contribution is -2.40. The Labute approximate surface area is 402 Å². The first kappa shape index (κ1) is 51.0. The number of allylic oxidation sites excluding steroid dienone is 4. The number of fused-ring (bicyclic) bond motifs is 3. The van der Waals surface area contributed by atoms with Gasteiger partial charge < -0.3 is 38.6 Å². The molecule has 0 aliphatic heterocycles. The predicted octanol–water partition coefficient (Wildman–Crippen LogP) is 9.08. The topological polar surface area (TPSA) is 181 Å². The Bertz CT molecular complexity index is 2570. The van der Waals surface area contributed by atoms with Gasteiger partial charge in [0, 0.05) is 12.2 Å². The van der Waals surface area contributed by atoms with Gasteiger partial charge >= 0.3 is 29.8 Å². The minimum absolute atomic E-state index is 0.0463. The molecule has 6 rings (SSSR count). The standard InChI is InChI=1S/C56H58O13/c1-8-17-48(52(61)62)55(6,7)69-41(34-66-50(58)10-3)33-64-39-30-28-38(29-31-39)56(46-22-15-13-18-42(46)43-19-14-16-23-47(43)56)37-26-24-36(25-27-37)54(4,5)67-35-40(32-65-49(57)9-2)68-53(63)45-21-12-11-20-44(45)51(59)60/h8-19,22-31,40-41,44-45H,1-3,20-21,32-35H2,4-7H3,(H,59,60)(H,61,62)/b48-17-. The van der Waals surface area contributed by atoms with E-state index in [1.807, 2.05) is 74.5 Å². The van der Waals surface area contributed by atoms with Gasteiger partial charge in [0.25, 0.3) is 0 Å². The maximum Gasteiger partial charge on any atom is 0.334 e. The van der Waals surface area contributed by atoms with E-state index in [4.69, 9.17) is 28.4 Å². The lowest BCUT2D eigenvalue weighted by Gasteiger charge is -2.35. The first-order chi connectivity index (χ1) is 33.0. The zero-order chi connectivity index (χ0) is 49.9. The third-order valence-corrected chi connectivity index (χ3v) is 12.4. The van der Waals surface area contributed by atoms with E-state index in [1.165, 1.54) is 12.2 Å². The van der Waals surface area contributed by atoms with E-state index in [9.17, 15) is 34.2 Å². The molecule has 0 bridgehead atoms. The van der Waals surface area contributed by atoms with Crippen LogP contribution in [0.2, 0.25) is 0 Å². The van der Waals surface area contributed by atoms with Gasteiger partial charge in [-0.25, -0.2) is 14.4 Å². The number of rotatable bonds is 23. The van der Waals surface area contributed by atoms with Crippen LogP contribution < -0.4 is 4.74 Å². The minimum atomic E-state index is -1.31. The van der Waals surface area contributed by atoms with Crippen molar-refractivity contribution >= 4 is 29.8 Å². The van der Waals surface area contributed by atoms with Crippen LogP contribution in [0.1, 0.15) is 68.4 Å². The molecule has 4 atom stereocenters. The Hall–Kier alpha value is -7.35. The number of hydrogen-bond acceptors (Lipinski definition) is 11. The maximum atomic E-state index is 13.4. The number of carbonyl (C=O) groups excluding carboxylic acids is 3. The second-order valence-electron chi connectivity index (χ2n) is 17.7. The van der Waals surface area contributed by atoms with Crippen molar-refractivity contribution in [2.45, 2.75) is 69.4 Å². The summed E-state index contributed by atoms with van der Waals surface area (Å²) in [5.74, 6) is -5.72. The number of aliphatic carboxylic acids is 2. The van der Waals surface area contributed by atoms with E-state index in [2.05, 4.69) is 56.1 Å². The van der Waals surface area contributed by atoms with Gasteiger partial charge in [0.2, 0.25) is 0 Å². The maximum absolute atomic E-state index is 13.4. The van der Waals surface area contributed by atoms with Crippen molar-refractivity contribution in [1.29, 1.82) is 0 Å². The molecule has 69 heavy (non-hydrogen) atoms. The van der Waals surface area contributed by atoms with Gasteiger partial charge in [0.15, 0.2) is 6.10 Å². The molecule has 2 aliphatic carbocycles. The van der Waals surface area contributed by atoms with Crippen LogP contribution in [0, 0.1) is 11.8 Å².